The molecule has 1 saturated heterocycles. The largest absolute Gasteiger partial charge is 0.374 e. The van der Waals surface area contributed by atoms with Crippen LogP contribution in [0.25, 0.3) is 0 Å². The Morgan fingerprint density at radius 2 is 1.95 bits per heavy atom. The van der Waals surface area contributed by atoms with Crippen molar-refractivity contribution in [1.29, 1.82) is 0 Å². The van der Waals surface area contributed by atoms with E-state index in [9.17, 15) is 0 Å². The summed E-state index contributed by atoms with van der Waals surface area (Å²) < 4.78 is 5.80. The molecule has 3 nitrogen and oxygen atoms in total. The van der Waals surface area contributed by atoms with Crippen molar-refractivity contribution in [2.75, 3.05) is 19.7 Å². The number of nitrogens with zero attached hydrogens (tertiary/aromatic N) is 1. The molecule has 1 aromatic carbocycles. The van der Waals surface area contributed by atoms with Gasteiger partial charge in [-0.25, -0.2) is 0 Å². The lowest BCUT2D eigenvalue weighted by Gasteiger charge is -2.43. The number of morpholine rings is 1. The van der Waals surface area contributed by atoms with E-state index in [0.717, 1.165) is 12.1 Å². The number of benzene rings is 1. The average Bonchev–Trinajstić information content (AvgIpc) is 2.36. The summed E-state index contributed by atoms with van der Waals surface area (Å²) in [4.78, 5) is 2.39. The van der Waals surface area contributed by atoms with Gasteiger partial charge in [-0.05, 0) is 37.6 Å². The molecule has 1 heterocycles. The number of nitrogens with two attached hydrogens (primary N) is 1. The zero-order chi connectivity index (χ0) is 14.0. The van der Waals surface area contributed by atoms with E-state index in [0.29, 0.717) is 29.2 Å². The van der Waals surface area contributed by atoms with Crippen molar-refractivity contribution in [3.63, 3.8) is 0 Å². The Hall–Kier alpha value is -0.320. The van der Waals surface area contributed by atoms with Crippen molar-refractivity contribution in [3.8, 4) is 0 Å². The maximum Gasteiger partial charge on any atom is 0.0894 e. The van der Waals surface area contributed by atoms with Crippen LogP contribution in [-0.2, 0) is 4.74 Å². The Morgan fingerprint density at radius 3 is 2.47 bits per heavy atom. The van der Waals surface area contributed by atoms with E-state index >= 15 is 0 Å². The van der Waals surface area contributed by atoms with E-state index in [4.69, 9.17) is 33.7 Å². The van der Waals surface area contributed by atoms with E-state index in [-0.39, 0.29) is 12.1 Å². The molecule has 1 aromatic rings. The van der Waals surface area contributed by atoms with Crippen LogP contribution in [0.4, 0.5) is 0 Å². The normalized spacial score (nSPS) is 24.9. The maximum atomic E-state index is 6.11. The quantitative estimate of drug-likeness (QED) is 0.932. The molecule has 0 spiro atoms. The monoisotopic (exact) mass is 302 g/mol. The highest BCUT2D eigenvalue weighted by Gasteiger charge is 2.34. The molecule has 0 radical (unpaired) electrons. The molecule has 106 valence electrons. The fourth-order valence-electron chi connectivity index (χ4n) is 2.68. The van der Waals surface area contributed by atoms with Crippen LogP contribution in [0.1, 0.15) is 25.5 Å². The maximum absolute atomic E-state index is 6.11. The van der Waals surface area contributed by atoms with Crippen LogP contribution in [0.2, 0.25) is 10.0 Å². The second-order valence-electron chi connectivity index (χ2n) is 5.12. The molecule has 19 heavy (non-hydrogen) atoms. The standard InChI is InChI=1S/C14H20Cl2N2O/c1-9(2)18-3-4-19-13(8-17)14(18)10-5-11(15)7-12(16)6-10/h5-7,9,13-14H,3-4,8,17H2,1-2H3. The van der Waals surface area contributed by atoms with Crippen molar-refractivity contribution in [1.82, 2.24) is 4.90 Å². The molecule has 0 aromatic heterocycles. The lowest BCUT2D eigenvalue weighted by atomic mass is 9.96. The number of ether oxygens (including phenoxy) is 1. The van der Waals surface area contributed by atoms with Gasteiger partial charge in [0.2, 0.25) is 0 Å². The fraction of sp³-hybridized carbons (Fsp3) is 0.571. The van der Waals surface area contributed by atoms with E-state index in [1.807, 2.05) is 12.1 Å². The lowest BCUT2D eigenvalue weighted by Crippen LogP contribution is -2.50. The average molecular weight is 303 g/mol. The van der Waals surface area contributed by atoms with Crippen molar-refractivity contribution in [2.24, 2.45) is 5.73 Å². The smallest absolute Gasteiger partial charge is 0.0894 e. The number of hydrogen-bond acceptors (Lipinski definition) is 3. The van der Waals surface area contributed by atoms with Gasteiger partial charge in [-0.1, -0.05) is 23.2 Å². The summed E-state index contributed by atoms with van der Waals surface area (Å²) in [5.74, 6) is 0. The third kappa shape index (κ3) is 3.41. The van der Waals surface area contributed by atoms with Crippen molar-refractivity contribution in [3.05, 3.63) is 33.8 Å². The predicted octanol–water partition coefficient (Wildman–Crippen LogP) is 3.10. The molecular weight excluding hydrogens is 283 g/mol. The lowest BCUT2D eigenvalue weighted by molar-refractivity contribution is -0.0789. The van der Waals surface area contributed by atoms with Gasteiger partial charge in [0, 0.05) is 29.2 Å². The van der Waals surface area contributed by atoms with Gasteiger partial charge < -0.3 is 10.5 Å². The molecule has 2 unspecified atom stereocenters. The molecule has 2 N–H and O–H groups in total. The van der Waals surface area contributed by atoms with Crippen molar-refractivity contribution in [2.45, 2.75) is 32.0 Å². The Labute approximate surface area is 124 Å². The molecule has 0 aliphatic carbocycles. The van der Waals surface area contributed by atoms with Crippen molar-refractivity contribution < 1.29 is 4.74 Å². The predicted molar refractivity (Wildman–Crippen MR) is 79.8 cm³/mol. The van der Waals surface area contributed by atoms with Gasteiger partial charge in [0.25, 0.3) is 0 Å². The zero-order valence-corrected chi connectivity index (χ0v) is 12.8. The van der Waals surface area contributed by atoms with Gasteiger partial charge in [-0.15, -0.1) is 0 Å². The summed E-state index contributed by atoms with van der Waals surface area (Å²) in [7, 11) is 0. The fourth-order valence-corrected chi connectivity index (χ4v) is 3.22. The van der Waals surface area contributed by atoms with Crippen LogP contribution in [0, 0.1) is 0 Å². The number of halogens is 2. The van der Waals surface area contributed by atoms with Gasteiger partial charge in [0.05, 0.1) is 18.8 Å². The second-order valence-corrected chi connectivity index (χ2v) is 6.00. The zero-order valence-electron chi connectivity index (χ0n) is 11.3. The molecule has 2 atom stereocenters. The van der Waals surface area contributed by atoms with Crippen LogP contribution in [0.5, 0.6) is 0 Å². The van der Waals surface area contributed by atoms with Gasteiger partial charge in [-0.3, -0.25) is 4.90 Å². The van der Waals surface area contributed by atoms with E-state index < -0.39 is 0 Å². The number of hydrogen-bond donors (Lipinski definition) is 1. The first-order valence-corrected chi connectivity index (χ1v) is 7.32. The highest BCUT2D eigenvalue weighted by molar-refractivity contribution is 6.34. The van der Waals surface area contributed by atoms with Crippen LogP contribution in [-0.4, -0.2) is 36.7 Å². The van der Waals surface area contributed by atoms with Crippen LogP contribution >= 0.6 is 23.2 Å². The molecule has 0 saturated carbocycles. The summed E-state index contributed by atoms with van der Waals surface area (Å²) >= 11 is 12.2. The minimum Gasteiger partial charge on any atom is -0.374 e. The molecular formula is C14H20Cl2N2O. The number of rotatable bonds is 3. The minimum atomic E-state index is -0.0225. The van der Waals surface area contributed by atoms with Gasteiger partial charge in [0.15, 0.2) is 0 Å². The van der Waals surface area contributed by atoms with E-state index in [1.165, 1.54) is 0 Å². The first-order chi connectivity index (χ1) is 9.02. The van der Waals surface area contributed by atoms with Gasteiger partial charge in [-0.2, -0.15) is 0 Å². The molecule has 0 amide bonds. The Balaban J connectivity index is 2.39. The summed E-state index contributed by atoms with van der Waals surface area (Å²) in [6.07, 6.45) is -0.0225. The Kier molecular flexibility index (Phi) is 5.09. The summed E-state index contributed by atoms with van der Waals surface area (Å²) in [6.45, 7) is 6.45. The molecule has 1 fully saturated rings. The van der Waals surface area contributed by atoms with E-state index in [1.54, 1.807) is 6.07 Å². The third-order valence-corrected chi connectivity index (χ3v) is 3.95. The summed E-state index contributed by atoms with van der Waals surface area (Å²) in [5.41, 5.74) is 6.92. The van der Waals surface area contributed by atoms with Gasteiger partial charge >= 0.3 is 0 Å². The first-order valence-electron chi connectivity index (χ1n) is 6.56. The van der Waals surface area contributed by atoms with Crippen LogP contribution in [0.15, 0.2) is 18.2 Å². The molecule has 1 aliphatic rings. The SMILES string of the molecule is CC(C)N1CCOC(CN)C1c1cc(Cl)cc(Cl)c1. The van der Waals surface area contributed by atoms with Crippen LogP contribution in [0.3, 0.4) is 0 Å². The topological polar surface area (TPSA) is 38.5 Å². The van der Waals surface area contributed by atoms with Gasteiger partial charge in [0.1, 0.15) is 0 Å². The molecule has 5 heteroatoms. The van der Waals surface area contributed by atoms with Crippen molar-refractivity contribution >= 4 is 23.2 Å². The van der Waals surface area contributed by atoms with E-state index in [2.05, 4.69) is 18.7 Å². The van der Waals surface area contributed by atoms with Crippen LogP contribution < -0.4 is 5.73 Å². The first kappa shape index (κ1) is 15.1. The Morgan fingerprint density at radius 1 is 1.32 bits per heavy atom. The highest BCUT2D eigenvalue weighted by atomic mass is 35.5. The molecule has 2 rings (SSSR count). The Bertz CT molecular complexity index is 419. The third-order valence-electron chi connectivity index (χ3n) is 3.51. The summed E-state index contributed by atoms with van der Waals surface area (Å²) in [6, 6.07) is 6.17. The molecule has 0 bridgehead atoms. The second kappa shape index (κ2) is 6.42. The minimum absolute atomic E-state index is 0.0225. The summed E-state index contributed by atoms with van der Waals surface area (Å²) in [5, 5.41) is 1.29. The molecule has 1 aliphatic heterocycles. The highest BCUT2D eigenvalue weighted by Crippen LogP contribution is 2.33.